The molecule has 3 heteroatoms. The molecular weight excluding hydrogens is 171 g/mol. The van der Waals surface area contributed by atoms with Crippen LogP contribution >= 0.6 is 7.14 Å². The standard InChI is InChI=1S/C8H21OPSi/c1-6-10(9,7-2)8-11(3,4)5/h6-8H2,1-5H3. The first kappa shape index (κ1) is 11.4. The van der Waals surface area contributed by atoms with Crippen molar-refractivity contribution in [3.63, 3.8) is 0 Å². The Balaban J connectivity index is 4.21. The topological polar surface area (TPSA) is 17.1 Å². The van der Waals surface area contributed by atoms with E-state index in [-0.39, 0.29) is 0 Å². The van der Waals surface area contributed by atoms with Gasteiger partial charge in [0.25, 0.3) is 0 Å². The van der Waals surface area contributed by atoms with Crippen LogP contribution in [0.2, 0.25) is 19.6 Å². The van der Waals surface area contributed by atoms with Gasteiger partial charge in [-0.15, -0.1) is 0 Å². The van der Waals surface area contributed by atoms with Crippen LogP contribution in [0.1, 0.15) is 13.8 Å². The van der Waals surface area contributed by atoms with Gasteiger partial charge in [-0.25, -0.2) is 0 Å². The molecule has 11 heavy (non-hydrogen) atoms. The largest absolute Gasteiger partial charge is 0.324 e. The summed E-state index contributed by atoms with van der Waals surface area (Å²) in [7, 11) is -2.84. The first-order chi connectivity index (χ1) is 4.83. The molecule has 0 aromatic rings. The maximum atomic E-state index is 12.0. The third kappa shape index (κ3) is 4.81. The maximum absolute atomic E-state index is 12.0. The van der Waals surface area contributed by atoms with Crippen LogP contribution in [0.15, 0.2) is 0 Å². The molecule has 0 saturated carbocycles. The van der Waals surface area contributed by atoms with Gasteiger partial charge in [-0.05, 0) is 18.1 Å². The zero-order valence-corrected chi connectivity index (χ0v) is 10.4. The average molecular weight is 192 g/mol. The van der Waals surface area contributed by atoms with Gasteiger partial charge >= 0.3 is 0 Å². The molecule has 0 atom stereocenters. The fraction of sp³-hybridized carbons (Fsp3) is 1.00. The van der Waals surface area contributed by atoms with Gasteiger partial charge in [-0.3, -0.25) is 0 Å². The molecule has 0 N–H and O–H groups in total. The van der Waals surface area contributed by atoms with Gasteiger partial charge < -0.3 is 4.57 Å². The molecule has 0 aliphatic rings. The van der Waals surface area contributed by atoms with E-state index in [0.717, 1.165) is 18.1 Å². The van der Waals surface area contributed by atoms with Gasteiger partial charge in [0.2, 0.25) is 0 Å². The van der Waals surface area contributed by atoms with Gasteiger partial charge in [-0.1, -0.05) is 33.5 Å². The summed E-state index contributed by atoms with van der Waals surface area (Å²) in [5.41, 5.74) is 0. The van der Waals surface area contributed by atoms with E-state index in [2.05, 4.69) is 33.5 Å². The van der Waals surface area contributed by atoms with Crippen molar-refractivity contribution in [1.29, 1.82) is 0 Å². The zero-order valence-electron chi connectivity index (χ0n) is 8.48. The summed E-state index contributed by atoms with van der Waals surface area (Å²) in [6.45, 7) is 11.0. The summed E-state index contributed by atoms with van der Waals surface area (Å²) in [5.74, 6) is 1.03. The molecule has 0 heterocycles. The molecule has 0 bridgehead atoms. The second kappa shape index (κ2) is 3.91. The molecular formula is C8H21OPSi. The molecule has 68 valence electrons. The Kier molecular flexibility index (Phi) is 4.07. The summed E-state index contributed by atoms with van der Waals surface area (Å²) in [6.07, 6.45) is 1.79. The van der Waals surface area contributed by atoms with E-state index in [9.17, 15) is 4.57 Å². The maximum Gasteiger partial charge on any atom is 0.0847 e. The van der Waals surface area contributed by atoms with Crippen molar-refractivity contribution in [3.8, 4) is 0 Å². The van der Waals surface area contributed by atoms with Crippen LogP contribution in [0, 0.1) is 0 Å². The van der Waals surface area contributed by atoms with Crippen molar-refractivity contribution in [2.75, 3.05) is 18.1 Å². The minimum absolute atomic E-state index is 0.897. The van der Waals surface area contributed by atoms with Crippen LogP contribution < -0.4 is 0 Å². The second-order valence-electron chi connectivity index (χ2n) is 4.41. The minimum Gasteiger partial charge on any atom is -0.324 e. The van der Waals surface area contributed by atoms with E-state index < -0.39 is 15.2 Å². The van der Waals surface area contributed by atoms with Crippen LogP contribution in [-0.4, -0.2) is 26.2 Å². The summed E-state index contributed by atoms with van der Waals surface area (Å²) in [4.78, 5) is 0. The summed E-state index contributed by atoms with van der Waals surface area (Å²) in [5, 5.41) is 0. The SMILES string of the molecule is CCP(=O)(CC)C[Si](C)(C)C. The highest BCUT2D eigenvalue weighted by Crippen LogP contribution is 2.46. The second-order valence-corrected chi connectivity index (χ2v) is 14.2. The highest BCUT2D eigenvalue weighted by molar-refractivity contribution is 7.66. The average Bonchev–Trinajstić information content (AvgIpc) is 1.84. The summed E-state index contributed by atoms with van der Waals surface area (Å²) >= 11 is 0. The molecule has 0 unspecified atom stereocenters. The molecule has 0 fully saturated rings. The van der Waals surface area contributed by atoms with E-state index in [1.165, 1.54) is 0 Å². The zero-order chi connectivity index (χ0) is 9.12. The molecule has 1 nitrogen and oxygen atoms in total. The van der Waals surface area contributed by atoms with E-state index >= 15 is 0 Å². The van der Waals surface area contributed by atoms with Gasteiger partial charge in [0, 0.05) is 0 Å². The van der Waals surface area contributed by atoms with E-state index in [4.69, 9.17) is 0 Å². The molecule has 0 aliphatic heterocycles. The quantitative estimate of drug-likeness (QED) is 0.493. The van der Waals surface area contributed by atoms with Crippen molar-refractivity contribution in [2.45, 2.75) is 33.5 Å². The van der Waals surface area contributed by atoms with Crippen LogP contribution in [0.5, 0.6) is 0 Å². The molecule has 0 aliphatic carbocycles. The molecule has 0 saturated heterocycles. The van der Waals surface area contributed by atoms with Crippen molar-refractivity contribution >= 4 is 15.2 Å². The van der Waals surface area contributed by atoms with Gasteiger partial charge in [0.05, 0.1) is 15.2 Å². The fourth-order valence-electron chi connectivity index (χ4n) is 1.31. The van der Waals surface area contributed by atoms with Crippen molar-refractivity contribution < 1.29 is 4.57 Å². The van der Waals surface area contributed by atoms with E-state index in [1.807, 2.05) is 0 Å². The van der Waals surface area contributed by atoms with E-state index in [1.54, 1.807) is 0 Å². The highest BCUT2D eigenvalue weighted by Gasteiger charge is 2.26. The molecule has 0 aromatic carbocycles. The Hall–Kier alpha value is 0.447. The van der Waals surface area contributed by atoms with Crippen LogP contribution in [0.25, 0.3) is 0 Å². The minimum atomic E-state index is -1.74. The number of rotatable bonds is 4. The number of hydrogen-bond donors (Lipinski definition) is 0. The lowest BCUT2D eigenvalue weighted by Crippen LogP contribution is -2.27. The van der Waals surface area contributed by atoms with Crippen molar-refractivity contribution in [1.82, 2.24) is 0 Å². The lowest BCUT2D eigenvalue weighted by molar-refractivity contribution is 0.578. The molecule has 0 rings (SSSR count). The monoisotopic (exact) mass is 192 g/mol. The number of hydrogen-bond acceptors (Lipinski definition) is 1. The third-order valence-corrected chi connectivity index (χ3v) is 10.3. The van der Waals surface area contributed by atoms with E-state index in [0.29, 0.717) is 0 Å². The van der Waals surface area contributed by atoms with Gasteiger partial charge in [-0.2, -0.15) is 0 Å². The Bertz CT molecular complexity index is 152. The predicted octanol–water partition coefficient (Wildman–Crippen LogP) is 3.27. The Morgan fingerprint density at radius 1 is 1.09 bits per heavy atom. The lowest BCUT2D eigenvalue weighted by atomic mass is 11.0. The molecule has 0 amide bonds. The normalized spacial score (nSPS) is 13.5. The first-order valence-corrected chi connectivity index (χ1v) is 10.4. The summed E-state index contributed by atoms with van der Waals surface area (Å²) < 4.78 is 12.0. The first-order valence-electron chi connectivity index (χ1n) is 4.40. The van der Waals surface area contributed by atoms with Crippen molar-refractivity contribution in [3.05, 3.63) is 0 Å². The third-order valence-electron chi connectivity index (χ3n) is 1.92. The highest BCUT2D eigenvalue weighted by atomic mass is 31.2. The fourth-order valence-corrected chi connectivity index (χ4v) is 10.5. The summed E-state index contributed by atoms with van der Waals surface area (Å²) in [6, 6.07) is 0. The predicted molar refractivity (Wildman–Crippen MR) is 56.9 cm³/mol. The Morgan fingerprint density at radius 2 is 1.45 bits per heavy atom. The van der Waals surface area contributed by atoms with Crippen molar-refractivity contribution in [2.24, 2.45) is 0 Å². The Labute approximate surface area is 72.0 Å². The van der Waals surface area contributed by atoms with Crippen LogP contribution in [0.3, 0.4) is 0 Å². The lowest BCUT2D eigenvalue weighted by Gasteiger charge is -2.22. The van der Waals surface area contributed by atoms with Crippen LogP contribution in [-0.2, 0) is 4.57 Å². The molecule has 0 aromatic heterocycles. The molecule has 0 radical (unpaired) electrons. The molecule has 0 spiro atoms. The van der Waals surface area contributed by atoms with Gasteiger partial charge in [0.1, 0.15) is 0 Å². The van der Waals surface area contributed by atoms with Crippen LogP contribution in [0.4, 0.5) is 0 Å². The van der Waals surface area contributed by atoms with Gasteiger partial charge in [0.15, 0.2) is 0 Å². The Morgan fingerprint density at radius 3 is 1.55 bits per heavy atom. The smallest absolute Gasteiger partial charge is 0.0847 e.